The summed E-state index contributed by atoms with van der Waals surface area (Å²) in [5.74, 6) is -7.50. The van der Waals surface area contributed by atoms with Gasteiger partial charge >= 0.3 is 17.9 Å². The van der Waals surface area contributed by atoms with Crippen molar-refractivity contribution in [1.29, 1.82) is 0 Å². The normalized spacial score (nSPS) is 10.9. The van der Waals surface area contributed by atoms with E-state index in [0.717, 1.165) is 20.3 Å². The van der Waals surface area contributed by atoms with Crippen LogP contribution in [-0.4, -0.2) is 132 Å². The first kappa shape index (κ1) is 28.2. The van der Waals surface area contributed by atoms with E-state index in [1.165, 1.54) is 0 Å². The Morgan fingerprint density at radius 1 is 0.639 bits per heavy atom. The van der Waals surface area contributed by atoms with Crippen LogP contribution in [-0.2, 0) is 0 Å². The number of fused-ring (bicyclic) bond motifs is 1. The smallest absolute Gasteiger partial charge is 0.338 e. The quantitative estimate of drug-likeness (QED) is 0.153. The van der Waals surface area contributed by atoms with Crippen molar-refractivity contribution in [3.8, 4) is 0 Å². The predicted octanol–water partition coefficient (Wildman–Crippen LogP) is -2.11. The number of carbonyl (C=O) groups is 5. The lowest BCUT2D eigenvalue weighted by molar-refractivity contribution is 0.0631. The number of hydrogen-bond acceptors (Lipinski definition) is 9. The number of aromatic nitrogens is 1. The van der Waals surface area contributed by atoms with Gasteiger partial charge in [0.1, 0.15) is 5.69 Å². The number of hydrogen-bond donors (Lipinski definition) is 7. The van der Waals surface area contributed by atoms with Gasteiger partial charge in [-0.3, -0.25) is 9.59 Å². The van der Waals surface area contributed by atoms with E-state index in [4.69, 9.17) is 0 Å². The van der Waals surface area contributed by atoms with E-state index in [1.54, 1.807) is 0 Å². The van der Waals surface area contributed by atoms with E-state index < -0.39 is 89.6 Å². The Balaban J connectivity index is 3.06. The highest BCUT2D eigenvalue weighted by Crippen LogP contribution is 2.28. The highest BCUT2D eigenvalue weighted by atomic mass is 16.4. The van der Waals surface area contributed by atoms with Gasteiger partial charge in [0.2, 0.25) is 0 Å². The largest absolute Gasteiger partial charge is 0.478 e. The van der Waals surface area contributed by atoms with Crippen molar-refractivity contribution in [3.05, 3.63) is 40.2 Å². The van der Waals surface area contributed by atoms with Crippen LogP contribution < -0.4 is 0 Å². The second-order valence-electron chi connectivity index (χ2n) is 7.35. The van der Waals surface area contributed by atoms with Crippen molar-refractivity contribution in [2.24, 2.45) is 0 Å². The Morgan fingerprint density at radius 2 is 1.08 bits per heavy atom. The van der Waals surface area contributed by atoms with E-state index in [9.17, 15) is 59.7 Å². The summed E-state index contributed by atoms with van der Waals surface area (Å²) < 4.78 is 0.757. The molecule has 0 radical (unpaired) electrons. The highest BCUT2D eigenvalue weighted by Gasteiger charge is 2.34. The Kier molecular flexibility index (Phi) is 9.45. The van der Waals surface area contributed by atoms with Gasteiger partial charge in [-0.15, -0.1) is 0 Å². The molecule has 0 bridgehead atoms. The molecule has 2 aromatic heterocycles. The van der Waals surface area contributed by atoms with Crippen molar-refractivity contribution >= 4 is 35.2 Å². The molecule has 0 aliphatic rings. The van der Waals surface area contributed by atoms with Gasteiger partial charge in [0.15, 0.2) is 0 Å². The molecule has 0 aliphatic carbocycles. The summed E-state index contributed by atoms with van der Waals surface area (Å²) in [6.45, 7) is -3.38. The minimum Gasteiger partial charge on any atom is -0.478 e. The number of amides is 2. The fourth-order valence-electron chi connectivity index (χ4n) is 3.72. The van der Waals surface area contributed by atoms with Gasteiger partial charge in [0.25, 0.3) is 11.8 Å². The average Bonchev–Trinajstić information content (AvgIpc) is 3.20. The van der Waals surface area contributed by atoms with Crippen LogP contribution in [0.15, 0.2) is 12.3 Å². The number of nitrogens with zero attached hydrogens (tertiary/aromatic N) is 3. The molecular weight excluding hydrogens is 486 g/mol. The molecule has 0 unspecified atom stereocenters. The molecule has 2 rings (SSSR count). The number of carboxylic acids is 3. The monoisotopic (exact) mass is 511 g/mol. The number of rotatable bonds is 13. The van der Waals surface area contributed by atoms with Gasteiger partial charge < -0.3 is 49.9 Å². The van der Waals surface area contributed by atoms with Gasteiger partial charge in [-0.1, -0.05) is 0 Å². The van der Waals surface area contributed by atoms with Gasteiger partial charge in [-0.25, -0.2) is 14.4 Å². The number of aliphatic hydroxyl groups excluding tert-OH is 4. The molecule has 0 saturated carbocycles. The molecule has 0 fully saturated rings. The Morgan fingerprint density at radius 3 is 1.47 bits per heavy atom. The fourth-order valence-corrected chi connectivity index (χ4v) is 3.72. The zero-order chi connectivity index (χ0) is 27.2. The number of carboxylic acid groups (broad SMARTS) is 3. The Labute approximate surface area is 202 Å². The molecule has 0 aromatic carbocycles. The summed E-state index contributed by atoms with van der Waals surface area (Å²) in [4.78, 5) is 64.3. The zero-order valence-corrected chi connectivity index (χ0v) is 18.8. The summed E-state index contributed by atoms with van der Waals surface area (Å²) in [6, 6.07) is 0.898. The van der Waals surface area contributed by atoms with Crippen LogP contribution in [0.25, 0.3) is 5.52 Å². The van der Waals surface area contributed by atoms with Crippen LogP contribution in [0.5, 0.6) is 0 Å². The molecule has 0 atom stereocenters. The third-order valence-corrected chi connectivity index (χ3v) is 5.22. The SMILES string of the molecule is O=C(O)c1cn2c(C(=O)N(CCO)CCO)c(C(=O)N(CCO)CCO)cc2c(C(=O)O)c1C(=O)O. The van der Waals surface area contributed by atoms with E-state index in [2.05, 4.69) is 0 Å². The van der Waals surface area contributed by atoms with E-state index in [0.29, 0.717) is 6.20 Å². The van der Waals surface area contributed by atoms with Crippen molar-refractivity contribution < 1.29 is 59.7 Å². The van der Waals surface area contributed by atoms with Gasteiger partial charge in [-0.05, 0) is 6.07 Å². The van der Waals surface area contributed by atoms with Crippen LogP contribution in [0, 0.1) is 0 Å². The van der Waals surface area contributed by atoms with Crippen molar-refractivity contribution in [1.82, 2.24) is 14.2 Å². The van der Waals surface area contributed by atoms with Crippen LogP contribution in [0.4, 0.5) is 0 Å². The second-order valence-corrected chi connectivity index (χ2v) is 7.35. The average molecular weight is 511 g/mol. The minimum atomic E-state index is -1.88. The number of aromatic carboxylic acids is 3. The third-order valence-electron chi connectivity index (χ3n) is 5.22. The van der Waals surface area contributed by atoms with Gasteiger partial charge in [-0.2, -0.15) is 0 Å². The van der Waals surface area contributed by atoms with E-state index in [1.807, 2.05) is 0 Å². The van der Waals surface area contributed by atoms with Gasteiger partial charge in [0, 0.05) is 32.4 Å². The molecular formula is C21H25N3O12. The zero-order valence-electron chi connectivity index (χ0n) is 18.8. The minimum absolute atomic E-state index is 0.289. The van der Waals surface area contributed by atoms with Crippen LogP contribution in [0.1, 0.15) is 51.9 Å². The Bertz CT molecular complexity index is 1180. The summed E-state index contributed by atoms with van der Waals surface area (Å²) in [5.41, 5.74) is -4.60. The number of pyridine rings is 1. The number of carbonyl (C=O) groups excluding carboxylic acids is 2. The van der Waals surface area contributed by atoms with Gasteiger partial charge in [0.05, 0.1) is 54.2 Å². The third kappa shape index (κ3) is 5.44. The van der Waals surface area contributed by atoms with Crippen molar-refractivity contribution in [2.75, 3.05) is 52.6 Å². The van der Waals surface area contributed by atoms with Crippen molar-refractivity contribution in [2.45, 2.75) is 0 Å². The molecule has 7 N–H and O–H groups in total. The standard InChI is InChI=1S/C21H25N3O12/c25-5-1-22(2-6-26)17(29)11-9-13-15(21(35)36)14(20(33)34)12(19(31)32)10-24(13)16(11)18(30)23(3-7-27)4-8-28/h9-10,25-28H,1-8H2,(H,31,32)(H,33,34)(H,35,36). The molecule has 2 heterocycles. The topological polar surface area (TPSA) is 238 Å². The van der Waals surface area contributed by atoms with E-state index >= 15 is 0 Å². The molecule has 2 aromatic rings. The van der Waals surface area contributed by atoms with Crippen LogP contribution in [0.3, 0.4) is 0 Å². The number of aliphatic hydroxyl groups is 4. The van der Waals surface area contributed by atoms with Crippen LogP contribution >= 0.6 is 0 Å². The lowest BCUT2D eigenvalue weighted by Crippen LogP contribution is -2.40. The summed E-state index contributed by atoms with van der Waals surface area (Å²) in [5, 5.41) is 66.1. The first-order valence-corrected chi connectivity index (χ1v) is 10.5. The van der Waals surface area contributed by atoms with Crippen LogP contribution in [0.2, 0.25) is 0 Å². The molecule has 15 nitrogen and oxygen atoms in total. The summed E-state index contributed by atoms with van der Waals surface area (Å²) >= 11 is 0. The lowest BCUT2D eigenvalue weighted by atomic mass is 10.0. The first-order chi connectivity index (χ1) is 17.0. The molecule has 15 heteroatoms. The molecule has 36 heavy (non-hydrogen) atoms. The highest BCUT2D eigenvalue weighted by molar-refractivity contribution is 6.15. The fraction of sp³-hybridized carbons (Fsp3) is 0.381. The first-order valence-electron chi connectivity index (χ1n) is 10.5. The lowest BCUT2D eigenvalue weighted by Gasteiger charge is -2.24. The predicted molar refractivity (Wildman–Crippen MR) is 118 cm³/mol. The second kappa shape index (κ2) is 12.1. The maximum Gasteiger partial charge on any atom is 0.338 e. The summed E-state index contributed by atoms with van der Waals surface area (Å²) in [6.07, 6.45) is 0.691. The maximum absolute atomic E-state index is 13.4. The Hall–Kier alpha value is -4.05. The molecule has 196 valence electrons. The summed E-state index contributed by atoms with van der Waals surface area (Å²) in [7, 11) is 0. The van der Waals surface area contributed by atoms with Crippen molar-refractivity contribution in [3.63, 3.8) is 0 Å². The molecule has 0 aliphatic heterocycles. The van der Waals surface area contributed by atoms with E-state index in [-0.39, 0.29) is 26.2 Å². The molecule has 0 saturated heterocycles. The maximum atomic E-state index is 13.4. The molecule has 0 spiro atoms. The molecule has 2 amide bonds.